The molecular weight excluding hydrogens is 458 g/mol. The standard InChI is InChI=1S/C28H29N3O3S/c1-19(32)30-25-4-2-3-21(16-25)20-7-11-31(12-8-20)13-10-29-28(33)27-17-24-15-22(5-6-26(24)34-27)23-9-14-35-18-23/h2-6,9,14-18,20H,7-8,10-13H2,1H3,(H,29,33)(H,30,32). The van der Waals surface area contributed by atoms with Gasteiger partial charge in [0.1, 0.15) is 5.58 Å². The van der Waals surface area contributed by atoms with E-state index in [-0.39, 0.29) is 11.8 Å². The van der Waals surface area contributed by atoms with E-state index in [1.54, 1.807) is 11.3 Å². The van der Waals surface area contributed by atoms with E-state index >= 15 is 0 Å². The third-order valence-electron chi connectivity index (χ3n) is 6.57. The fourth-order valence-electron chi connectivity index (χ4n) is 4.74. The fraction of sp³-hybridized carbons (Fsp3) is 0.286. The Balaban J connectivity index is 1.10. The summed E-state index contributed by atoms with van der Waals surface area (Å²) in [5.41, 5.74) is 5.15. The maximum Gasteiger partial charge on any atom is 0.287 e. The van der Waals surface area contributed by atoms with Crippen molar-refractivity contribution in [1.82, 2.24) is 10.2 Å². The monoisotopic (exact) mass is 487 g/mol. The van der Waals surface area contributed by atoms with Crippen LogP contribution in [0.25, 0.3) is 22.1 Å². The highest BCUT2D eigenvalue weighted by atomic mass is 32.1. The Bertz CT molecular complexity index is 1320. The van der Waals surface area contributed by atoms with Crippen LogP contribution >= 0.6 is 11.3 Å². The molecule has 1 fully saturated rings. The first-order valence-electron chi connectivity index (χ1n) is 12.0. The molecule has 5 rings (SSSR count). The predicted octanol–water partition coefficient (Wildman–Crippen LogP) is 5.73. The zero-order valence-corrected chi connectivity index (χ0v) is 20.6. The normalized spacial score (nSPS) is 14.8. The topological polar surface area (TPSA) is 74.6 Å². The molecule has 0 radical (unpaired) electrons. The highest BCUT2D eigenvalue weighted by Gasteiger charge is 2.21. The minimum atomic E-state index is -0.178. The molecule has 0 atom stereocenters. The van der Waals surface area contributed by atoms with Gasteiger partial charge in [-0.05, 0) is 95.7 Å². The number of hydrogen-bond acceptors (Lipinski definition) is 5. The number of fused-ring (bicyclic) bond motifs is 1. The molecule has 1 aliphatic rings. The van der Waals surface area contributed by atoms with Crippen LogP contribution in [0.5, 0.6) is 0 Å². The zero-order valence-electron chi connectivity index (χ0n) is 19.8. The second-order valence-corrected chi connectivity index (χ2v) is 9.83. The fourth-order valence-corrected chi connectivity index (χ4v) is 5.41. The summed E-state index contributed by atoms with van der Waals surface area (Å²) in [6.07, 6.45) is 2.13. The van der Waals surface area contributed by atoms with Gasteiger partial charge in [0.15, 0.2) is 5.76 Å². The van der Waals surface area contributed by atoms with Crippen molar-refractivity contribution in [3.8, 4) is 11.1 Å². The molecule has 0 bridgehead atoms. The number of piperidine rings is 1. The molecule has 3 heterocycles. The Hall–Kier alpha value is -3.42. The molecule has 2 N–H and O–H groups in total. The van der Waals surface area contributed by atoms with Crippen molar-refractivity contribution in [3.63, 3.8) is 0 Å². The summed E-state index contributed by atoms with van der Waals surface area (Å²) in [5.74, 6) is 0.608. The molecule has 7 heteroatoms. The summed E-state index contributed by atoms with van der Waals surface area (Å²) >= 11 is 1.67. The van der Waals surface area contributed by atoms with Crippen molar-refractivity contribution < 1.29 is 14.0 Å². The number of carbonyl (C=O) groups excluding carboxylic acids is 2. The van der Waals surface area contributed by atoms with E-state index in [1.165, 1.54) is 18.1 Å². The quantitative estimate of drug-likeness (QED) is 0.349. The molecule has 0 saturated carbocycles. The molecule has 4 aromatic rings. The van der Waals surface area contributed by atoms with Crippen LogP contribution in [0.4, 0.5) is 5.69 Å². The number of thiophene rings is 1. The summed E-state index contributed by atoms with van der Waals surface area (Å²) in [6.45, 7) is 4.90. The third kappa shape index (κ3) is 5.63. The SMILES string of the molecule is CC(=O)Nc1cccc(C2CCN(CCNC(=O)c3cc4cc(-c5ccsc5)ccc4o3)CC2)c1. The van der Waals surface area contributed by atoms with E-state index in [9.17, 15) is 9.59 Å². The number of carbonyl (C=O) groups is 2. The number of amides is 2. The van der Waals surface area contributed by atoms with Crippen LogP contribution in [-0.4, -0.2) is 42.9 Å². The van der Waals surface area contributed by atoms with Gasteiger partial charge in [0.2, 0.25) is 5.91 Å². The van der Waals surface area contributed by atoms with Crippen molar-refractivity contribution >= 4 is 39.8 Å². The summed E-state index contributed by atoms with van der Waals surface area (Å²) in [6, 6.07) is 18.1. The van der Waals surface area contributed by atoms with Gasteiger partial charge in [-0.3, -0.25) is 9.59 Å². The van der Waals surface area contributed by atoms with Gasteiger partial charge in [0.25, 0.3) is 5.91 Å². The van der Waals surface area contributed by atoms with Gasteiger partial charge >= 0.3 is 0 Å². The van der Waals surface area contributed by atoms with E-state index in [2.05, 4.69) is 50.6 Å². The first kappa shape index (κ1) is 23.3. The van der Waals surface area contributed by atoms with Crippen LogP contribution in [0.1, 0.15) is 41.8 Å². The molecule has 6 nitrogen and oxygen atoms in total. The average Bonchev–Trinajstić information content (AvgIpc) is 3.54. The Kier molecular flexibility index (Phi) is 6.97. The van der Waals surface area contributed by atoms with Crippen LogP contribution in [0, 0.1) is 0 Å². The number of nitrogens with zero attached hydrogens (tertiary/aromatic N) is 1. The Morgan fingerprint density at radius 2 is 1.91 bits per heavy atom. The molecule has 0 spiro atoms. The minimum Gasteiger partial charge on any atom is -0.451 e. The molecule has 0 unspecified atom stereocenters. The molecule has 1 aliphatic heterocycles. The van der Waals surface area contributed by atoms with Gasteiger partial charge in [0, 0.05) is 31.1 Å². The Labute approximate surface area is 208 Å². The number of nitrogens with one attached hydrogen (secondary N) is 2. The highest BCUT2D eigenvalue weighted by molar-refractivity contribution is 7.08. The number of hydrogen-bond donors (Lipinski definition) is 2. The van der Waals surface area contributed by atoms with Crippen LogP contribution < -0.4 is 10.6 Å². The zero-order chi connectivity index (χ0) is 24.2. The lowest BCUT2D eigenvalue weighted by molar-refractivity contribution is -0.114. The number of anilines is 1. The van der Waals surface area contributed by atoms with Gasteiger partial charge < -0.3 is 20.0 Å². The van der Waals surface area contributed by atoms with Gasteiger partial charge in [-0.15, -0.1) is 0 Å². The lowest BCUT2D eigenvalue weighted by Crippen LogP contribution is -2.39. The van der Waals surface area contributed by atoms with E-state index in [1.807, 2.05) is 30.3 Å². The second-order valence-electron chi connectivity index (χ2n) is 9.05. The van der Waals surface area contributed by atoms with E-state index in [0.29, 0.717) is 18.2 Å². The summed E-state index contributed by atoms with van der Waals surface area (Å²) in [7, 11) is 0. The first-order chi connectivity index (χ1) is 17.0. The van der Waals surface area contributed by atoms with Crippen LogP contribution in [0.15, 0.2) is 69.8 Å². The van der Waals surface area contributed by atoms with Crippen LogP contribution in [0.3, 0.4) is 0 Å². The largest absolute Gasteiger partial charge is 0.451 e. The lowest BCUT2D eigenvalue weighted by Gasteiger charge is -2.32. The predicted molar refractivity (Wildman–Crippen MR) is 141 cm³/mol. The Morgan fingerprint density at radius 3 is 2.69 bits per heavy atom. The van der Waals surface area contributed by atoms with Gasteiger partial charge in [-0.25, -0.2) is 0 Å². The molecular formula is C28H29N3O3S. The van der Waals surface area contributed by atoms with E-state index < -0.39 is 0 Å². The lowest BCUT2D eigenvalue weighted by atomic mass is 9.89. The number of likely N-dealkylation sites (tertiary alicyclic amines) is 1. The van der Waals surface area contributed by atoms with E-state index in [4.69, 9.17) is 4.42 Å². The Morgan fingerprint density at radius 1 is 1.06 bits per heavy atom. The highest BCUT2D eigenvalue weighted by Crippen LogP contribution is 2.30. The maximum absolute atomic E-state index is 12.7. The summed E-state index contributed by atoms with van der Waals surface area (Å²) in [5, 5.41) is 11.0. The molecule has 1 saturated heterocycles. The number of benzene rings is 2. The number of rotatable bonds is 7. The van der Waals surface area contributed by atoms with Gasteiger partial charge in [0.05, 0.1) is 0 Å². The number of furan rings is 1. The first-order valence-corrected chi connectivity index (χ1v) is 12.9. The summed E-state index contributed by atoms with van der Waals surface area (Å²) in [4.78, 5) is 26.4. The molecule has 180 valence electrons. The van der Waals surface area contributed by atoms with Crippen molar-refractivity contribution in [2.24, 2.45) is 0 Å². The van der Waals surface area contributed by atoms with Crippen LogP contribution in [0.2, 0.25) is 0 Å². The summed E-state index contributed by atoms with van der Waals surface area (Å²) < 4.78 is 5.79. The molecule has 0 aliphatic carbocycles. The smallest absolute Gasteiger partial charge is 0.287 e. The molecule has 2 aromatic heterocycles. The van der Waals surface area contributed by atoms with Crippen molar-refractivity contribution in [2.45, 2.75) is 25.7 Å². The minimum absolute atomic E-state index is 0.0512. The van der Waals surface area contributed by atoms with Crippen molar-refractivity contribution in [3.05, 3.63) is 76.7 Å². The van der Waals surface area contributed by atoms with Crippen LogP contribution in [-0.2, 0) is 4.79 Å². The third-order valence-corrected chi connectivity index (χ3v) is 7.26. The molecule has 2 amide bonds. The van der Waals surface area contributed by atoms with Gasteiger partial charge in [-0.2, -0.15) is 11.3 Å². The van der Waals surface area contributed by atoms with E-state index in [0.717, 1.165) is 54.7 Å². The average molecular weight is 488 g/mol. The maximum atomic E-state index is 12.7. The van der Waals surface area contributed by atoms with Gasteiger partial charge in [-0.1, -0.05) is 18.2 Å². The molecule has 2 aromatic carbocycles. The van der Waals surface area contributed by atoms with Crippen molar-refractivity contribution in [2.75, 3.05) is 31.5 Å². The van der Waals surface area contributed by atoms with Crippen molar-refractivity contribution in [1.29, 1.82) is 0 Å². The molecule has 35 heavy (non-hydrogen) atoms. The second kappa shape index (κ2) is 10.5.